The number of amides is 1. The summed E-state index contributed by atoms with van der Waals surface area (Å²) in [7, 11) is 0. The van der Waals surface area contributed by atoms with Gasteiger partial charge in [-0.3, -0.25) is 14.7 Å². The molecule has 0 saturated carbocycles. The van der Waals surface area contributed by atoms with Gasteiger partial charge in [0.1, 0.15) is 0 Å². The van der Waals surface area contributed by atoms with Crippen LogP contribution in [0.4, 0.5) is 0 Å². The number of piperidine rings is 1. The standard InChI is InChI=1S/C23H25ClN4O2/c1-16-22(18-7-9-19(24)10-8-18)30-21(27-16)14-26-23(29)20-6-2-3-12-28(20)15-17-5-4-11-25-13-17/h4-5,7-11,13,20H,2-3,6,12,14-15H2,1H3,(H,26,29). The summed E-state index contributed by atoms with van der Waals surface area (Å²) in [5.74, 6) is 1.22. The number of hydrogen-bond acceptors (Lipinski definition) is 5. The Morgan fingerprint density at radius 3 is 2.87 bits per heavy atom. The molecule has 156 valence electrons. The second kappa shape index (κ2) is 9.41. The summed E-state index contributed by atoms with van der Waals surface area (Å²) < 4.78 is 5.91. The Morgan fingerprint density at radius 1 is 1.27 bits per heavy atom. The number of aromatic nitrogens is 2. The SMILES string of the molecule is Cc1nc(CNC(=O)C2CCCCN2Cc2cccnc2)oc1-c1ccc(Cl)cc1. The predicted molar refractivity (Wildman–Crippen MR) is 116 cm³/mol. The first-order valence-corrected chi connectivity index (χ1v) is 10.6. The van der Waals surface area contributed by atoms with E-state index in [9.17, 15) is 4.79 Å². The number of likely N-dealkylation sites (tertiary alicyclic amines) is 1. The highest BCUT2D eigenvalue weighted by Crippen LogP contribution is 2.26. The van der Waals surface area contributed by atoms with Gasteiger partial charge in [0.25, 0.3) is 0 Å². The molecule has 0 spiro atoms. The molecule has 1 aliphatic heterocycles. The van der Waals surface area contributed by atoms with E-state index < -0.39 is 0 Å². The first-order chi connectivity index (χ1) is 14.6. The number of aryl methyl sites for hydroxylation is 1. The van der Waals surface area contributed by atoms with Gasteiger partial charge in [-0.05, 0) is 62.2 Å². The molecule has 6 nitrogen and oxygen atoms in total. The van der Waals surface area contributed by atoms with E-state index in [0.717, 1.165) is 49.2 Å². The van der Waals surface area contributed by atoms with Gasteiger partial charge >= 0.3 is 0 Å². The van der Waals surface area contributed by atoms with Crippen molar-refractivity contribution in [1.82, 2.24) is 20.2 Å². The van der Waals surface area contributed by atoms with Crippen LogP contribution in [0.2, 0.25) is 5.02 Å². The van der Waals surface area contributed by atoms with Gasteiger partial charge in [0, 0.05) is 29.5 Å². The van der Waals surface area contributed by atoms with Gasteiger partial charge in [-0.1, -0.05) is 24.1 Å². The Morgan fingerprint density at radius 2 is 2.10 bits per heavy atom. The number of oxazole rings is 1. The molecule has 3 aromatic rings. The molecule has 1 aromatic carbocycles. The van der Waals surface area contributed by atoms with E-state index >= 15 is 0 Å². The summed E-state index contributed by atoms with van der Waals surface area (Å²) in [5, 5.41) is 3.68. The summed E-state index contributed by atoms with van der Waals surface area (Å²) in [5.41, 5.74) is 2.82. The van der Waals surface area contributed by atoms with Crippen molar-refractivity contribution in [3.8, 4) is 11.3 Å². The van der Waals surface area contributed by atoms with Crippen LogP contribution in [0.15, 0.2) is 53.2 Å². The molecule has 1 amide bonds. The molecule has 4 rings (SSSR count). The smallest absolute Gasteiger partial charge is 0.237 e. The largest absolute Gasteiger partial charge is 0.438 e. The number of nitrogens with zero attached hydrogens (tertiary/aromatic N) is 3. The van der Waals surface area contributed by atoms with Crippen molar-refractivity contribution in [2.24, 2.45) is 0 Å². The van der Waals surface area contributed by atoms with Gasteiger partial charge in [0.05, 0.1) is 18.3 Å². The number of carbonyl (C=O) groups excluding carboxylic acids is 1. The molecule has 0 bridgehead atoms. The van der Waals surface area contributed by atoms with Gasteiger partial charge < -0.3 is 9.73 Å². The number of nitrogens with one attached hydrogen (secondary N) is 1. The molecular weight excluding hydrogens is 400 g/mol. The summed E-state index contributed by atoms with van der Waals surface area (Å²) in [4.78, 5) is 23.8. The normalized spacial score (nSPS) is 17.1. The van der Waals surface area contributed by atoms with Crippen molar-refractivity contribution >= 4 is 17.5 Å². The van der Waals surface area contributed by atoms with Crippen molar-refractivity contribution < 1.29 is 9.21 Å². The molecule has 7 heteroatoms. The van der Waals surface area contributed by atoms with Crippen LogP contribution in [0.1, 0.15) is 36.4 Å². The van der Waals surface area contributed by atoms with Crippen LogP contribution in [0.25, 0.3) is 11.3 Å². The molecule has 3 heterocycles. The van der Waals surface area contributed by atoms with Crippen LogP contribution >= 0.6 is 11.6 Å². The first kappa shape index (κ1) is 20.6. The first-order valence-electron chi connectivity index (χ1n) is 10.2. The Labute approximate surface area is 181 Å². The Kier molecular flexibility index (Phi) is 6.45. The zero-order valence-electron chi connectivity index (χ0n) is 17.0. The van der Waals surface area contributed by atoms with E-state index in [1.165, 1.54) is 0 Å². The van der Waals surface area contributed by atoms with Crippen molar-refractivity contribution in [3.63, 3.8) is 0 Å². The Bertz CT molecular complexity index is 988. The van der Waals surface area contributed by atoms with Crippen molar-refractivity contribution in [2.45, 2.75) is 45.3 Å². The second-order valence-corrected chi connectivity index (χ2v) is 8.03. The minimum Gasteiger partial charge on any atom is -0.438 e. The number of halogens is 1. The van der Waals surface area contributed by atoms with Crippen molar-refractivity contribution in [1.29, 1.82) is 0 Å². The number of hydrogen-bond donors (Lipinski definition) is 1. The molecule has 1 atom stereocenters. The van der Waals surface area contributed by atoms with E-state index in [0.29, 0.717) is 16.7 Å². The van der Waals surface area contributed by atoms with Crippen LogP contribution in [0.3, 0.4) is 0 Å². The summed E-state index contributed by atoms with van der Waals surface area (Å²) in [6.07, 6.45) is 6.64. The summed E-state index contributed by atoms with van der Waals surface area (Å²) in [6.45, 7) is 3.80. The highest BCUT2D eigenvalue weighted by Gasteiger charge is 2.28. The van der Waals surface area contributed by atoms with Crippen molar-refractivity contribution in [3.05, 3.63) is 71.0 Å². The number of pyridine rings is 1. The van der Waals surface area contributed by atoms with E-state index in [1.54, 1.807) is 6.20 Å². The zero-order valence-corrected chi connectivity index (χ0v) is 17.7. The highest BCUT2D eigenvalue weighted by atomic mass is 35.5. The van der Waals surface area contributed by atoms with Crippen molar-refractivity contribution in [2.75, 3.05) is 6.54 Å². The Balaban J connectivity index is 1.40. The van der Waals surface area contributed by atoms with E-state index in [1.807, 2.05) is 49.5 Å². The molecule has 1 unspecified atom stereocenters. The molecule has 0 aliphatic carbocycles. The molecule has 1 saturated heterocycles. The third-order valence-corrected chi connectivity index (χ3v) is 5.64. The monoisotopic (exact) mass is 424 g/mol. The fourth-order valence-electron chi connectivity index (χ4n) is 3.88. The maximum Gasteiger partial charge on any atom is 0.237 e. The van der Waals surface area contributed by atoms with E-state index in [4.69, 9.17) is 16.0 Å². The second-order valence-electron chi connectivity index (χ2n) is 7.59. The van der Waals surface area contributed by atoms with Gasteiger partial charge in [-0.2, -0.15) is 0 Å². The molecule has 2 aromatic heterocycles. The van der Waals surface area contributed by atoms with Crippen LogP contribution < -0.4 is 5.32 Å². The van der Waals surface area contributed by atoms with Crippen LogP contribution in [-0.4, -0.2) is 33.4 Å². The third-order valence-electron chi connectivity index (χ3n) is 5.39. The van der Waals surface area contributed by atoms with Gasteiger partial charge in [-0.15, -0.1) is 0 Å². The predicted octanol–water partition coefficient (Wildman–Crippen LogP) is 4.37. The lowest BCUT2D eigenvalue weighted by molar-refractivity contribution is -0.128. The van der Waals surface area contributed by atoms with Crippen LogP contribution in [0.5, 0.6) is 0 Å². The average Bonchev–Trinajstić information content (AvgIpc) is 3.14. The maximum absolute atomic E-state index is 12.9. The lowest BCUT2D eigenvalue weighted by Crippen LogP contribution is -2.48. The Hall–Kier alpha value is -2.70. The molecule has 0 radical (unpaired) electrons. The van der Waals surface area contributed by atoms with Gasteiger partial charge in [-0.25, -0.2) is 4.98 Å². The number of carbonyl (C=O) groups is 1. The zero-order chi connectivity index (χ0) is 20.9. The fourth-order valence-corrected chi connectivity index (χ4v) is 4.01. The minimum absolute atomic E-state index is 0.0162. The molecular formula is C23H25ClN4O2. The third kappa shape index (κ3) is 4.89. The molecule has 30 heavy (non-hydrogen) atoms. The summed E-state index contributed by atoms with van der Waals surface area (Å²) >= 11 is 5.96. The average molecular weight is 425 g/mol. The summed E-state index contributed by atoms with van der Waals surface area (Å²) in [6, 6.07) is 11.3. The topological polar surface area (TPSA) is 71.3 Å². The van der Waals surface area contributed by atoms with Crippen LogP contribution in [-0.2, 0) is 17.9 Å². The number of benzene rings is 1. The molecule has 1 aliphatic rings. The van der Waals surface area contributed by atoms with E-state index in [-0.39, 0.29) is 18.5 Å². The minimum atomic E-state index is -0.147. The fraction of sp³-hybridized carbons (Fsp3) is 0.348. The molecule has 1 N–H and O–H groups in total. The maximum atomic E-state index is 12.9. The van der Waals surface area contributed by atoms with E-state index in [2.05, 4.69) is 20.2 Å². The molecule has 1 fully saturated rings. The highest BCUT2D eigenvalue weighted by molar-refractivity contribution is 6.30. The van der Waals surface area contributed by atoms with Gasteiger partial charge in [0.2, 0.25) is 11.8 Å². The lowest BCUT2D eigenvalue weighted by atomic mass is 10.0. The quantitative estimate of drug-likeness (QED) is 0.636. The lowest BCUT2D eigenvalue weighted by Gasteiger charge is -2.34. The van der Waals surface area contributed by atoms with Gasteiger partial charge in [0.15, 0.2) is 5.76 Å². The van der Waals surface area contributed by atoms with Crippen LogP contribution in [0, 0.1) is 6.92 Å². The number of rotatable bonds is 6.